The van der Waals surface area contributed by atoms with Crippen molar-refractivity contribution in [2.45, 2.75) is 40.3 Å². The van der Waals surface area contributed by atoms with Crippen LogP contribution in [0.3, 0.4) is 0 Å². The molecular formula is C18H31N5O4. The van der Waals surface area contributed by atoms with Gasteiger partial charge in [0.2, 0.25) is 0 Å². The molecule has 0 aromatic carbocycles. The first-order valence-corrected chi connectivity index (χ1v) is 9.39. The molecule has 2 amide bonds. The van der Waals surface area contributed by atoms with Crippen LogP contribution in [-0.4, -0.2) is 77.1 Å². The van der Waals surface area contributed by atoms with Gasteiger partial charge >= 0.3 is 11.8 Å². The highest BCUT2D eigenvalue weighted by molar-refractivity contribution is 6.39. The minimum absolute atomic E-state index is 0.0220. The maximum Gasteiger partial charge on any atom is 0.313 e. The van der Waals surface area contributed by atoms with Crippen molar-refractivity contribution in [3.63, 3.8) is 0 Å². The van der Waals surface area contributed by atoms with Crippen LogP contribution >= 0.6 is 0 Å². The van der Waals surface area contributed by atoms with Crippen LogP contribution in [0.4, 0.5) is 5.69 Å². The van der Waals surface area contributed by atoms with Crippen LogP contribution < -0.4 is 10.6 Å². The third-order valence-corrected chi connectivity index (χ3v) is 4.44. The maximum absolute atomic E-state index is 12.2. The molecule has 2 rings (SSSR count). The zero-order valence-corrected chi connectivity index (χ0v) is 16.6. The van der Waals surface area contributed by atoms with E-state index >= 15 is 0 Å². The Morgan fingerprint density at radius 1 is 1.19 bits per heavy atom. The van der Waals surface area contributed by atoms with E-state index in [0.29, 0.717) is 37.1 Å². The molecule has 0 bridgehead atoms. The fourth-order valence-electron chi connectivity index (χ4n) is 3.01. The number of amides is 2. The van der Waals surface area contributed by atoms with Crippen molar-refractivity contribution in [1.29, 1.82) is 0 Å². The van der Waals surface area contributed by atoms with Gasteiger partial charge in [-0.2, -0.15) is 5.10 Å². The minimum atomic E-state index is -0.772. The number of aryl methyl sites for hydroxylation is 1. The van der Waals surface area contributed by atoms with Crippen molar-refractivity contribution in [1.82, 2.24) is 20.0 Å². The van der Waals surface area contributed by atoms with Crippen LogP contribution in [0.25, 0.3) is 0 Å². The number of rotatable bonds is 7. The summed E-state index contributed by atoms with van der Waals surface area (Å²) in [7, 11) is 0. The van der Waals surface area contributed by atoms with Crippen molar-refractivity contribution < 1.29 is 19.4 Å². The molecule has 0 unspecified atom stereocenters. The lowest BCUT2D eigenvalue weighted by atomic mass is 10.2. The molecular weight excluding hydrogens is 350 g/mol. The van der Waals surface area contributed by atoms with Gasteiger partial charge in [0, 0.05) is 32.7 Å². The van der Waals surface area contributed by atoms with E-state index in [2.05, 4.69) is 34.5 Å². The number of morpholine rings is 1. The molecule has 0 saturated carbocycles. The van der Waals surface area contributed by atoms with Gasteiger partial charge in [-0.05, 0) is 19.8 Å². The lowest BCUT2D eigenvalue weighted by Gasteiger charge is -2.28. The average Bonchev–Trinajstić information content (AvgIpc) is 2.87. The molecule has 1 fully saturated rings. The van der Waals surface area contributed by atoms with Crippen LogP contribution in [0, 0.1) is 19.8 Å². The Balaban J connectivity index is 1.83. The molecule has 0 spiro atoms. The van der Waals surface area contributed by atoms with Crippen LogP contribution in [0.2, 0.25) is 0 Å². The summed E-state index contributed by atoms with van der Waals surface area (Å²) in [5.41, 5.74) is 2.04. The quantitative estimate of drug-likeness (QED) is 0.570. The van der Waals surface area contributed by atoms with Crippen LogP contribution in [-0.2, 0) is 20.9 Å². The molecule has 1 aromatic rings. The van der Waals surface area contributed by atoms with E-state index in [4.69, 9.17) is 4.74 Å². The molecule has 1 atom stereocenters. The van der Waals surface area contributed by atoms with Gasteiger partial charge in [0.05, 0.1) is 36.4 Å². The van der Waals surface area contributed by atoms with Crippen molar-refractivity contribution in [3.8, 4) is 0 Å². The molecule has 9 heteroatoms. The fourth-order valence-corrected chi connectivity index (χ4v) is 3.01. The van der Waals surface area contributed by atoms with Crippen molar-refractivity contribution in [2.75, 3.05) is 44.7 Å². The second-order valence-corrected chi connectivity index (χ2v) is 7.35. The Labute approximate surface area is 160 Å². The van der Waals surface area contributed by atoms with E-state index < -0.39 is 17.9 Å². The number of aliphatic hydroxyl groups is 1. The Morgan fingerprint density at radius 3 is 2.48 bits per heavy atom. The first kappa shape index (κ1) is 21.3. The third kappa shape index (κ3) is 6.30. The zero-order chi connectivity index (χ0) is 20.0. The van der Waals surface area contributed by atoms with Gasteiger partial charge in [-0.15, -0.1) is 0 Å². The molecule has 2 heterocycles. The standard InChI is InChI=1S/C18H31N5O4/c1-12(2)10-23-14(4)16(13(3)21-23)20-18(26)17(25)19-9-15(24)11-22-5-7-27-8-6-22/h12,15,24H,5-11H2,1-4H3,(H,19,25)(H,20,26)/t15-/m1/s1. The number of ether oxygens (including phenoxy) is 1. The summed E-state index contributed by atoms with van der Waals surface area (Å²) in [5.74, 6) is -1.11. The van der Waals surface area contributed by atoms with Gasteiger partial charge in [0.1, 0.15) is 0 Å². The highest BCUT2D eigenvalue weighted by atomic mass is 16.5. The first-order valence-electron chi connectivity index (χ1n) is 9.39. The van der Waals surface area contributed by atoms with Crippen LogP contribution in [0.5, 0.6) is 0 Å². The second kappa shape index (κ2) is 9.82. The molecule has 1 aromatic heterocycles. The van der Waals surface area contributed by atoms with Gasteiger partial charge < -0.3 is 20.5 Å². The number of aliphatic hydroxyl groups excluding tert-OH is 1. The van der Waals surface area contributed by atoms with Crippen LogP contribution in [0.15, 0.2) is 0 Å². The molecule has 0 radical (unpaired) electrons. The summed E-state index contributed by atoms with van der Waals surface area (Å²) in [5, 5.41) is 19.6. The summed E-state index contributed by atoms with van der Waals surface area (Å²) in [6, 6.07) is 0. The summed E-state index contributed by atoms with van der Waals surface area (Å²) in [6.07, 6.45) is -0.739. The number of nitrogens with one attached hydrogen (secondary N) is 2. The zero-order valence-electron chi connectivity index (χ0n) is 16.6. The van der Waals surface area contributed by atoms with Crippen molar-refractivity contribution >= 4 is 17.5 Å². The van der Waals surface area contributed by atoms with Gasteiger partial charge in [0.15, 0.2) is 0 Å². The van der Waals surface area contributed by atoms with Gasteiger partial charge in [0.25, 0.3) is 0 Å². The Kier molecular flexibility index (Phi) is 7.76. The number of carbonyl (C=O) groups excluding carboxylic acids is 2. The number of aromatic nitrogens is 2. The lowest BCUT2D eigenvalue weighted by Crippen LogP contribution is -2.46. The summed E-state index contributed by atoms with van der Waals surface area (Å²) in [4.78, 5) is 26.3. The molecule has 9 nitrogen and oxygen atoms in total. The van der Waals surface area contributed by atoms with Gasteiger partial charge in [-0.3, -0.25) is 19.2 Å². The van der Waals surface area contributed by atoms with Crippen molar-refractivity contribution in [3.05, 3.63) is 11.4 Å². The smallest absolute Gasteiger partial charge is 0.313 e. The number of anilines is 1. The predicted molar refractivity (Wildman–Crippen MR) is 101 cm³/mol. The van der Waals surface area contributed by atoms with Crippen LogP contribution in [0.1, 0.15) is 25.2 Å². The largest absolute Gasteiger partial charge is 0.390 e. The average molecular weight is 381 g/mol. The van der Waals surface area contributed by atoms with E-state index in [1.54, 1.807) is 6.92 Å². The number of hydrogen-bond donors (Lipinski definition) is 3. The number of hydrogen-bond acceptors (Lipinski definition) is 6. The van der Waals surface area contributed by atoms with E-state index in [1.165, 1.54) is 0 Å². The monoisotopic (exact) mass is 381 g/mol. The molecule has 1 saturated heterocycles. The lowest BCUT2D eigenvalue weighted by molar-refractivity contribution is -0.136. The summed E-state index contributed by atoms with van der Waals surface area (Å²) in [6.45, 7) is 11.8. The topological polar surface area (TPSA) is 109 Å². The Hall–Kier alpha value is -1.97. The van der Waals surface area contributed by atoms with E-state index in [9.17, 15) is 14.7 Å². The fraction of sp³-hybridized carbons (Fsp3) is 0.722. The molecule has 3 N–H and O–H groups in total. The van der Waals surface area contributed by atoms with Gasteiger partial charge in [-0.1, -0.05) is 13.8 Å². The number of β-amino-alcohol motifs (C(OH)–C–C–N with tert-alkyl or cyclic N) is 1. The second-order valence-electron chi connectivity index (χ2n) is 7.35. The number of nitrogens with zero attached hydrogens (tertiary/aromatic N) is 3. The van der Waals surface area contributed by atoms with E-state index in [1.807, 2.05) is 11.6 Å². The highest BCUT2D eigenvalue weighted by Gasteiger charge is 2.21. The molecule has 1 aliphatic heterocycles. The summed E-state index contributed by atoms with van der Waals surface area (Å²) < 4.78 is 7.09. The molecule has 1 aliphatic rings. The van der Waals surface area contributed by atoms with Gasteiger partial charge in [-0.25, -0.2) is 0 Å². The Morgan fingerprint density at radius 2 is 1.85 bits per heavy atom. The number of carbonyl (C=O) groups is 2. The Bertz CT molecular complexity index is 652. The SMILES string of the molecule is Cc1nn(CC(C)C)c(C)c1NC(=O)C(=O)NC[C@@H](O)CN1CCOCC1. The van der Waals surface area contributed by atoms with Crippen molar-refractivity contribution in [2.24, 2.45) is 5.92 Å². The first-order chi connectivity index (χ1) is 12.8. The third-order valence-electron chi connectivity index (χ3n) is 4.44. The summed E-state index contributed by atoms with van der Waals surface area (Å²) >= 11 is 0. The molecule has 27 heavy (non-hydrogen) atoms. The predicted octanol–water partition coefficient (Wildman–Crippen LogP) is -0.0963. The maximum atomic E-state index is 12.2. The normalized spacial score (nSPS) is 16.4. The highest BCUT2D eigenvalue weighted by Crippen LogP contribution is 2.20. The molecule has 0 aliphatic carbocycles. The minimum Gasteiger partial charge on any atom is -0.390 e. The van der Waals surface area contributed by atoms with E-state index in [0.717, 1.165) is 25.3 Å². The van der Waals surface area contributed by atoms with E-state index in [-0.39, 0.29) is 6.54 Å². The molecule has 152 valence electrons.